The molecule has 0 bridgehead atoms. The highest BCUT2D eigenvalue weighted by Crippen LogP contribution is 2.16. The van der Waals surface area contributed by atoms with Crippen molar-refractivity contribution in [3.8, 4) is 0 Å². The van der Waals surface area contributed by atoms with E-state index in [2.05, 4.69) is 10.3 Å². The maximum Gasteiger partial charge on any atom is 0.338 e. The van der Waals surface area contributed by atoms with Gasteiger partial charge in [0.05, 0.1) is 57.4 Å². The summed E-state index contributed by atoms with van der Waals surface area (Å²) in [5, 5.41) is 9.92. The molecular formula is C18H25N3O6. The number of esters is 1. The van der Waals surface area contributed by atoms with Crippen LogP contribution in [0.5, 0.6) is 0 Å². The molecule has 9 heteroatoms. The largest absolute Gasteiger partial charge is 0.460 e. The van der Waals surface area contributed by atoms with Crippen LogP contribution in [0.2, 0.25) is 0 Å². The van der Waals surface area contributed by atoms with E-state index >= 15 is 0 Å². The first kappa shape index (κ1) is 19.7. The van der Waals surface area contributed by atoms with Crippen LogP contribution < -0.4 is 0 Å². The summed E-state index contributed by atoms with van der Waals surface area (Å²) < 4.78 is 26.1. The van der Waals surface area contributed by atoms with Crippen LogP contribution in [0.1, 0.15) is 10.4 Å². The SMILES string of the molecule is CN(CCOCC1CO1)/N=N/c1cccc(C(=O)OCCOCC2CO2)c1. The molecule has 2 aliphatic heterocycles. The van der Waals surface area contributed by atoms with Crippen molar-refractivity contribution in [2.45, 2.75) is 12.2 Å². The Morgan fingerprint density at radius 3 is 2.56 bits per heavy atom. The van der Waals surface area contributed by atoms with Crippen molar-refractivity contribution >= 4 is 11.7 Å². The fraction of sp³-hybridized carbons (Fsp3) is 0.611. The first-order chi connectivity index (χ1) is 13.2. The zero-order chi connectivity index (χ0) is 18.9. The van der Waals surface area contributed by atoms with E-state index in [1.807, 2.05) is 7.05 Å². The Hall–Kier alpha value is -2.07. The van der Waals surface area contributed by atoms with Crippen LogP contribution in [-0.2, 0) is 23.7 Å². The van der Waals surface area contributed by atoms with Gasteiger partial charge in [-0.15, -0.1) is 5.11 Å². The van der Waals surface area contributed by atoms with E-state index in [0.29, 0.717) is 44.2 Å². The molecule has 1 aromatic rings. The van der Waals surface area contributed by atoms with E-state index in [4.69, 9.17) is 23.7 Å². The van der Waals surface area contributed by atoms with Gasteiger partial charge in [0, 0.05) is 7.05 Å². The van der Waals surface area contributed by atoms with Crippen LogP contribution in [0, 0.1) is 0 Å². The van der Waals surface area contributed by atoms with E-state index in [1.165, 1.54) is 0 Å². The molecular weight excluding hydrogens is 354 g/mol. The molecule has 2 saturated heterocycles. The van der Waals surface area contributed by atoms with Gasteiger partial charge in [-0.1, -0.05) is 11.3 Å². The second-order valence-electron chi connectivity index (χ2n) is 6.32. The fourth-order valence-electron chi connectivity index (χ4n) is 2.10. The first-order valence-electron chi connectivity index (χ1n) is 8.99. The van der Waals surface area contributed by atoms with Crippen LogP contribution in [0.15, 0.2) is 34.6 Å². The lowest BCUT2D eigenvalue weighted by molar-refractivity contribution is 0.0296. The third-order valence-corrected chi connectivity index (χ3v) is 3.83. The average molecular weight is 379 g/mol. The van der Waals surface area contributed by atoms with Crippen molar-refractivity contribution < 1.29 is 28.5 Å². The first-order valence-corrected chi connectivity index (χ1v) is 8.99. The van der Waals surface area contributed by atoms with Crippen LogP contribution in [-0.4, -0.2) is 83.0 Å². The summed E-state index contributed by atoms with van der Waals surface area (Å²) in [5.74, 6) is -0.414. The van der Waals surface area contributed by atoms with Crippen molar-refractivity contribution in [1.29, 1.82) is 0 Å². The van der Waals surface area contributed by atoms with Gasteiger partial charge in [0.1, 0.15) is 18.8 Å². The molecule has 0 N–H and O–H groups in total. The van der Waals surface area contributed by atoms with Crippen molar-refractivity contribution in [3.63, 3.8) is 0 Å². The second-order valence-corrected chi connectivity index (χ2v) is 6.32. The third kappa shape index (κ3) is 8.00. The molecule has 2 unspecified atom stereocenters. The summed E-state index contributed by atoms with van der Waals surface area (Å²) >= 11 is 0. The van der Waals surface area contributed by atoms with Gasteiger partial charge in [-0.2, -0.15) is 0 Å². The number of hydrogen-bond donors (Lipinski definition) is 0. The zero-order valence-corrected chi connectivity index (χ0v) is 15.4. The Morgan fingerprint density at radius 2 is 1.85 bits per heavy atom. The predicted molar refractivity (Wildman–Crippen MR) is 95.0 cm³/mol. The number of rotatable bonds is 13. The average Bonchev–Trinajstić information content (AvgIpc) is 3.58. The molecule has 0 radical (unpaired) electrons. The molecule has 2 fully saturated rings. The van der Waals surface area contributed by atoms with Gasteiger partial charge in [-0.05, 0) is 18.2 Å². The molecule has 2 atom stereocenters. The minimum Gasteiger partial charge on any atom is -0.460 e. The molecule has 2 aliphatic rings. The molecule has 148 valence electrons. The number of likely N-dealkylation sites (N-methyl/N-ethyl adjacent to an activating group) is 1. The van der Waals surface area contributed by atoms with Crippen molar-refractivity contribution in [1.82, 2.24) is 5.01 Å². The summed E-state index contributed by atoms with van der Waals surface area (Å²) in [4.78, 5) is 12.1. The van der Waals surface area contributed by atoms with Gasteiger partial charge < -0.3 is 23.7 Å². The molecule has 0 aliphatic carbocycles. The number of carbonyl (C=O) groups is 1. The van der Waals surface area contributed by atoms with Crippen LogP contribution in [0.3, 0.4) is 0 Å². The normalized spacial score (nSPS) is 20.6. The van der Waals surface area contributed by atoms with Crippen molar-refractivity contribution in [2.75, 3.05) is 59.8 Å². The van der Waals surface area contributed by atoms with Crippen LogP contribution >= 0.6 is 0 Å². The van der Waals surface area contributed by atoms with Crippen molar-refractivity contribution in [2.24, 2.45) is 10.3 Å². The molecule has 9 nitrogen and oxygen atoms in total. The molecule has 3 rings (SSSR count). The Labute approximate surface area is 158 Å². The van der Waals surface area contributed by atoms with Gasteiger partial charge in [0.2, 0.25) is 0 Å². The predicted octanol–water partition coefficient (Wildman–Crippen LogP) is 1.60. The second kappa shape index (κ2) is 10.3. The van der Waals surface area contributed by atoms with E-state index in [-0.39, 0.29) is 18.8 Å². The fourth-order valence-corrected chi connectivity index (χ4v) is 2.10. The van der Waals surface area contributed by atoms with Gasteiger partial charge in [0.15, 0.2) is 0 Å². The van der Waals surface area contributed by atoms with Crippen LogP contribution in [0.4, 0.5) is 5.69 Å². The number of benzene rings is 1. The van der Waals surface area contributed by atoms with Gasteiger partial charge >= 0.3 is 5.97 Å². The van der Waals surface area contributed by atoms with E-state index in [0.717, 1.165) is 13.2 Å². The molecule has 0 spiro atoms. The minimum atomic E-state index is -0.414. The highest BCUT2D eigenvalue weighted by Gasteiger charge is 2.22. The van der Waals surface area contributed by atoms with Gasteiger partial charge in [-0.25, -0.2) is 4.79 Å². The van der Waals surface area contributed by atoms with E-state index in [1.54, 1.807) is 29.3 Å². The lowest BCUT2D eigenvalue weighted by Crippen LogP contribution is -2.18. The summed E-state index contributed by atoms with van der Waals surface area (Å²) in [6.07, 6.45) is 0.470. The number of nitrogens with zero attached hydrogens (tertiary/aromatic N) is 3. The third-order valence-electron chi connectivity index (χ3n) is 3.83. The monoisotopic (exact) mass is 379 g/mol. The lowest BCUT2D eigenvalue weighted by Gasteiger charge is -2.11. The molecule has 27 heavy (non-hydrogen) atoms. The maximum atomic E-state index is 12.1. The summed E-state index contributed by atoms with van der Waals surface area (Å²) in [6, 6.07) is 6.83. The summed E-state index contributed by atoms with van der Waals surface area (Å²) in [7, 11) is 1.81. The topological polar surface area (TPSA) is 97.8 Å². The van der Waals surface area contributed by atoms with Gasteiger partial charge in [-0.3, -0.25) is 5.01 Å². The smallest absolute Gasteiger partial charge is 0.338 e. The molecule has 0 aromatic heterocycles. The zero-order valence-electron chi connectivity index (χ0n) is 15.4. The molecule has 0 amide bonds. The number of epoxide rings is 2. The molecule has 1 aromatic carbocycles. The number of carbonyl (C=O) groups excluding carboxylic acids is 1. The Balaban J connectivity index is 1.35. The van der Waals surface area contributed by atoms with Crippen molar-refractivity contribution in [3.05, 3.63) is 29.8 Å². The number of hydrogen-bond acceptors (Lipinski definition) is 8. The van der Waals surface area contributed by atoms with E-state index in [9.17, 15) is 4.79 Å². The number of ether oxygens (including phenoxy) is 5. The minimum absolute atomic E-state index is 0.200. The Kier molecular flexibility index (Phi) is 7.52. The summed E-state index contributed by atoms with van der Waals surface area (Å²) in [6.45, 7) is 4.42. The lowest BCUT2D eigenvalue weighted by atomic mass is 10.2. The highest BCUT2D eigenvalue weighted by atomic mass is 16.6. The van der Waals surface area contributed by atoms with Gasteiger partial charge in [0.25, 0.3) is 0 Å². The standard InChI is InChI=1S/C18H25N3O6/c1-21(5-6-23-10-16-12-26-16)20-19-15-4-2-3-14(9-15)18(22)25-8-7-24-11-17-13-27-17/h2-4,9,16-17H,5-8,10-13H2,1H3/b20-19+. The molecule has 2 heterocycles. The quantitative estimate of drug-likeness (QED) is 0.169. The molecule has 0 saturated carbocycles. The summed E-state index contributed by atoms with van der Waals surface area (Å²) in [5.41, 5.74) is 0.998. The van der Waals surface area contributed by atoms with E-state index < -0.39 is 5.97 Å². The maximum absolute atomic E-state index is 12.1. The highest BCUT2D eigenvalue weighted by molar-refractivity contribution is 5.90. The Bertz CT molecular complexity index is 633. The Morgan fingerprint density at radius 1 is 1.15 bits per heavy atom. The van der Waals surface area contributed by atoms with Crippen LogP contribution in [0.25, 0.3) is 0 Å².